The summed E-state index contributed by atoms with van der Waals surface area (Å²) in [7, 11) is 0. The Labute approximate surface area is 111 Å². The summed E-state index contributed by atoms with van der Waals surface area (Å²) in [6, 6.07) is 8.65. The number of benzene rings is 1. The second kappa shape index (κ2) is 3.84. The summed E-state index contributed by atoms with van der Waals surface area (Å²) in [5.41, 5.74) is 3.79. The first kappa shape index (κ1) is 11.1. The van der Waals surface area contributed by atoms with Gasteiger partial charge in [-0.15, -0.1) is 0 Å². The molecule has 2 aliphatic rings. The molecule has 1 saturated heterocycles. The number of carbonyl (C=O) groups excluding carboxylic acids is 1. The lowest BCUT2D eigenvalue weighted by Crippen LogP contribution is -2.58. The van der Waals surface area contributed by atoms with E-state index >= 15 is 0 Å². The Morgan fingerprint density at radius 2 is 2.16 bits per heavy atom. The van der Waals surface area contributed by atoms with Gasteiger partial charge in [-0.1, -0.05) is 18.2 Å². The highest BCUT2D eigenvalue weighted by Crippen LogP contribution is 2.37. The third-order valence-electron chi connectivity index (χ3n) is 4.53. The van der Waals surface area contributed by atoms with Crippen molar-refractivity contribution < 1.29 is 4.79 Å². The predicted octanol–water partition coefficient (Wildman–Crippen LogP) is 1.59. The van der Waals surface area contributed by atoms with E-state index in [4.69, 9.17) is 0 Å². The second-order valence-corrected chi connectivity index (χ2v) is 5.49. The fourth-order valence-corrected chi connectivity index (χ4v) is 3.56. The van der Waals surface area contributed by atoms with Gasteiger partial charge < -0.3 is 10.3 Å². The Bertz CT molecular complexity index is 660. The van der Waals surface area contributed by atoms with Crippen LogP contribution in [-0.2, 0) is 11.2 Å². The van der Waals surface area contributed by atoms with Crippen LogP contribution in [0.25, 0.3) is 10.9 Å². The van der Waals surface area contributed by atoms with Gasteiger partial charge in [-0.25, -0.2) is 0 Å². The SMILES string of the molecule is CC1c2[nH]c3ccccc3c2CC2C(=O)NCCN21. The van der Waals surface area contributed by atoms with Crippen LogP contribution < -0.4 is 5.32 Å². The number of fused-ring (bicyclic) bond motifs is 4. The summed E-state index contributed by atoms with van der Waals surface area (Å²) in [6.45, 7) is 3.89. The number of hydrogen-bond donors (Lipinski definition) is 2. The van der Waals surface area contributed by atoms with E-state index in [1.807, 2.05) is 0 Å². The number of nitrogens with zero attached hydrogens (tertiary/aromatic N) is 1. The highest BCUT2D eigenvalue weighted by molar-refractivity contribution is 5.88. The van der Waals surface area contributed by atoms with Crippen LogP contribution >= 0.6 is 0 Å². The first-order valence-corrected chi connectivity index (χ1v) is 6.88. The van der Waals surface area contributed by atoms with E-state index in [-0.39, 0.29) is 18.0 Å². The maximum atomic E-state index is 12.1. The van der Waals surface area contributed by atoms with Crippen molar-refractivity contribution in [2.75, 3.05) is 13.1 Å². The predicted molar refractivity (Wildman–Crippen MR) is 73.9 cm³/mol. The molecule has 2 aromatic rings. The molecule has 2 N–H and O–H groups in total. The molecule has 0 radical (unpaired) electrons. The molecule has 3 heterocycles. The number of amides is 1. The third kappa shape index (κ3) is 1.46. The van der Waals surface area contributed by atoms with Crippen LogP contribution in [0.2, 0.25) is 0 Å². The molecular weight excluding hydrogens is 238 g/mol. The molecule has 0 bridgehead atoms. The molecule has 0 aliphatic carbocycles. The summed E-state index contributed by atoms with van der Waals surface area (Å²) < 4.78 is 0. The minimum absolute atomic E-state index is 0.00421. The summed E-state index contributed by atoms with van der Waals surface area (Å²) in [5, 5.41) is 4.25. The lowest BCUT2D eigenvalue weighted by atomic mass is 9.91. The van der Waals surface area contributed by atoms with Crippen LogP contribution in [0.5, 0.6) is 0 Å². The number of aromatic amines is 1. The van der Waals surface area contributed by atoms with Gasteiger partial charge in [0.2, 0.25) is 5.91 Å². The highest BCUT2D eigenvalue weighted by Gasteiger charge is 2.39. The molecule has 2 unspecified atom stereocenters. The van der Waals surface area contributed by atoms with Crippen molar-refractivity contribution in [1.29, 1.82) is 0 Å². The molecule has 1 amide bonds. The fourth-order valence-electron chi connectivity index (χ4n) is 3.56. The molecule has 1 aromatic heterocycles. The van der Waals surface area contributed by atoms with Gasteiger partial charge in [-0.3, -0.25) is 9.69 Å². The Hall–Kier alpha value is -1.81. The van der Waals surface area contributed by atoms with E-state index in [1.54, 1.807) is 0 Å². The fraction of sp³-hybridized carbons (Fsp3) is 0.400. The van der Waals surface area contributed by atoms with E-state index < -0.39 is 0 Å². The zero-order valence-corrected chi connectivity index (χ0v) is 10.9. The molecule has 4 rings (SSSR count). The quantitative estimate of drug-likeness (QED) is 0.751. The normalized spacial score (nSPS) is 26.9. The number of piperazine rings is 1. The van der Waals surface area contributed by atoms with Gasteiger partial charge in [-0.05, 0) is 25.0 Å². The number of H-pyrrole nitrogens is 1. The molecule has 98 valence electrons. The first-order chi connectivity index (χ1) is 9.25. The molecule has 4 nitrogen and oxygen atoms in total. The third-order valence-corrected chi connectivity index (χ3v) is 4.53. The number of hydrogen-bond acceptors (Lipinski definition) is 2. The van der Waals surface area contributed by atoms with Gasteiger partial charge in [0.05, 0.1) is 6.04 Å². The van der Waals surface area contributed by atoms with Crippen LogP contribution in [0.4, 0.5) is 0 Å². The summed E-state index contributed by atoms with van der Waals surface area (Å²) in [5.74, 6) is 0.175. The Kier molecular flexibility index (Phi) is 2.23. The zero-order valence-electron chi connectivity index (χ0n) is 10.9. The summed E-state index contributed by atoms with van der Waals surface area (Å²) in [4.78, 5) is 17.9. The van der Waals surface area contributed by atoms with Crippen molar-refractivity contribution in [3.63, 3.8) is 0 Å². The van der Waals surface area contributed by atoms with Gasteiger partial charge >= 0.3 is 0 Å². The van der Waals surface area contributed by atoms with Crippen LogP contribution in [0.1, 0.15) is 24.2 Å². The topological polar surface area (TPSA) is 48.1 Å². The van der Waals surface area contributed by atoms with Crippen LogP contribution in [0.15, 0.2) is 24.3 Å². The standard InChI is InChI=1S/C15H17N3O/c1-9-14-11(10-4-2-3-5-12(10)17-14)8-13-15(19)16-6-7-18(9)13/h2-5,9,13,17H,6-8H2,1H3,(H,16,19). The molecule has 4 heteroatoms. The molecule has 0 saturated carbocycles. The maximum Gasteiger partial charge on any atom is 0.237 e. The zero-order chi connectivity index (χ0) is 13.0. The van der Waals surface area contributed by atoms with Gasteiger partial charge in [0.1, 0.15) is 0 Å². The average molecular weight is 255 g/mol. The van der Waals surface area contributed by atoms with Crippen LogP contribution in [-0.4, -0.2) is 34.9 Å². The van der Waals surface area contributed by atoms with E-state index in [9.17, 15) is 4.79 Å². The molecular formula is C15H17N3O. The van der Waals surface area contributed by atoms with Crippen molar-refractivity contribution in [2.24, 2.45) is 0 Å². The number of nitrogens with one attached hydrogen (secondary N) is 2. The van der Waals surface area contributed by atoms with Gasteiger partial charge in [0, 0.05) is 35.7 Å². The molecule has 1 aromatic carbocycles. The Morgan fingerprint density at radius 1 is 1.32 bits per heavy atom. The number of aromatic nitrogens is 1. The first-order valence-electron chi connectivity index (χ1n) is 6.88. The lowest BCUT2D eigenvalue weighted by molar-refractivity contribution is -0.130. The largest absolute Gasteiger partial charge is 0.357 e. The monoisotopic (exact) mass is 255 g/mol. The summed E-state index contributed by atoms with van der Waals surface area (Å²) in [6.07, 6.45) is 0.815. The Balaban J connectivity index is 1.89. The lowest BCUT2D eigenvalue weighted by Gasteiger charge is -2.42. The van der Waals surface area contributed by atoms with Gasteiger partial charge in [-0.2, -0.15) is 0 Å². The second-order valence-electron chi connectivity index (χ2n) is 5.49. The minimum atomic E-state index is -0.00421. The average Bonchev–Trinajstić information content (AvgIpc) is 2.80. The van der Waals surface area contributed by atoms with Crippen molar-refractivity contribution in [3.8, 4) is 0 Å². The van der Waals surface area contributed by atoms with E-state index in [1.165, 1.54) is 22.2 Å². The molecule has 1 fully saturated rings. The van der Waals surface area contributed by atoms with Gasteiger partial charge in [0.15, 0.2) is 0 Å². The van der Waals surface area contributed by atoms with Crippen LogP contribution in [0.3, 0.4) is 0 Å². The number of para-hydroxylation sites is 1. The number of rotatable bonds is 0. The minimum Gasteiger partial charge on any atom is -0.357 e. The van der Waals surface area contributed by atoms with E-state index in [0.717, 1.165) is 19.5 Å². The van der Waals surface area contributed by atoms with E-state index in [0.29, 0.717) is 0 Å². The van der Waals surface area contributed by atoms with E-state index in [2.05, 4.69) is 46.4 Å². The maximum absolute atomic E-state index is 12.1. The molecule has 2 atom stereocenters. The van der Waals surface area contributed by atoms with Crippen molar-refractivity contribution in [2.45, 2.75) is 25.4 Å². The van der Waals surface area contributed by atoms with Crippen molar-refractivity contribution >= 4 is 16.8 Å². The Morgan fingerprint density at radius 3 is 3.05 bits per heavy atom. The highest BCUT2D eigenvalue weighted by atomic mass is 16.2. The molecule has 2 aliphatic heterocycles. The summed E-state index contributed by atoms with van der Waals surface area (Å²) >= 11 is 0. The van der Waals surface area contributed by atoms with Crippen LogP contribution in [0, 0.1) is 0 Å². The van der Waals surface area contributed by atoms with Crippen molar-refractivity contribution in [1.82, 2.24) is 15.2 Å². The van der Waals surface area contributed by atoms with Crippen molar-refractivity contribution in [3.05, 3.63) is 35.5 Å². The number of carbonyl (C=O) groups is 1. The molecule has 0 spiro atoms. The molecule has 19 heavy (non-hydrogen) atoms. The van der Waals surface area contributed by atoms with Gasteiger partial charge in [0.25, 0.3) is 0 Å². The smallest absolute Gasteiger partial charge is 0.237 e.